The molecule has 0 aliphatic rings. The molecule has 0 saturated heterocycles. The Labute approximate surface area is 172 Å². The Balaban J connectivity index is 1.96. The number of hydrogen-bond acceptors (Lipinski definition) is 6. The van der Waals surface area contributed by atoms with Crippen molar-refractivity contribution in [2.75, 3.05) is 11.4 Å². The highest BCUT2D eigenvalue weighted by molar-refractivity contribution is 7.93. The summed E-state index contributed by atoms with van der Waals surface area (Å²) in [5, 5.41) is 1.95. The number of benzene rings is 2. The van der Waals surface area contributed by atoms with Gasteiger partial charge in [-0.15, -0.1) is 0 Å². The monoisotopic (exact) mass is 426 g/mol. The summed E-state index contributed by atoms with van der Waals surface area (Å²) in [6.45, 7) is 0. The molecule has 0 fully saturated rings. The van der Waals surface area contributed by atoms with E-state index in [-0.39, 0.29) is 16.4 Å². The third-order valence-electron chi connectivity index (χ3n) is 4.28. The second kappa shape index (κ2) is 7.65. The van der Waals surface area contributed by atoms with Gasteiger partial charge in [0.15, 0.2) is 5.82 Å². The van der Waals surface area contributed by atoms with Gasteiger partial charge in [0.25, 0.3) is 10.0 Å². The largest absolute Gasteiger partial charge is 0.495 e. The number of sulfonamides is 1. The number of anilines is 2. The zero-order valence-electron chi connectivity index (χ0n) is 15.2. The Kier molecular flexibility index (Phi) is 5.04. The first-order chi connectivity index (χ1) is 14.0. The van der Waals surface area contributed by atoms with E-state index in [1.807, 2.05) is 0 Å². The Morgan fingerprint density at radius 2 is 1.79 bits per heavy atom. The first kappa shape index (κ1) is 19.1. The molecule has 4 rings (SSSR count). The minimum Gasteiger partial charge on any atom is -0.495 e. The fourth-order valence-corrected chi connectivity index (χ4v) is 4.58. The predicted molar refractivity (Wildman–Crippen MR) is 111 cm³/mol. The maximum atomic E-state index is 13.7. The lowest BCUT2D eigenvalue weighted by Crippen LogP contribution is -2.27. The molecule has 2 aromatic carbocycles. The average molecular weight is 427 g/mol. The molecule has 0 aliphatic heterocycles. The van der Waals surface area contributed by atoms with Gasteiger partial charge in [-0.05, 0) is 41.8 Å². The summed E-state index contributed by atoms with van der Waals surface area (Å²) in [7, 11) is -2.61. The summed E-state index contributed by atoms with van der Waals surface area (Å²) in [5.74, 6) is 0.497. The summed E-state index contributed by atoms with van der Waals surface area (Å²) in [5.41, 5.74) is 0.244. The van der Waals surface area contributed by atoms with Crippen molar-refractivity contribution in [3.63, 3.8) is 0 Å². The number of hydrogen-bond donors (Lipinski definition) is 0. The topological polar surface area (TPSA) is 85.3 Å². The maximum Gasteiger partial charge on any atom is 0.270 e. The van der Waals surface area contributed by atoms with Gasteiger partial charge in [-0.2, -0.15) is 0 Å². The highest BCUT2D eigenvalue weighted by Crippen LogP contribution is 2.39. The average Bonchev–Trinajstić information content (AvgIpc) is 2.74. The van der Waals surface area contributed by atoms with E-state index >= 15 is 0 Å². The second-order valence-corrected chi connectivity index (χ2v) is 8.26. The molecule has 9 heteroatoms. The van der Waals surface area contributed by atoms with Crippen LogP contribution in [0, 0.1) is 0 Å². The molecule has 0 amide bonds. The van der Waals surface area contributed by atoms with Crippen molar-refractivity contribution in [3.05, 3.63) is 78.5 Å². The van der Waals surface area contributed by atoms with Crippen molar-refractivity contribution in [1.82, 2.24) is 15.0 Å². The van der Waals surface area contributed by atoms with E-state index in [9.17, 15) is 8.42 Å². The van der Waals surface area contributed by atoms with Gasteiger partial charge >= 0.3 is 0 Å². The van der Waals surface area contributed by atoms with Crippen molar-refractivity contribution in [1.29, 1.82) is 0 Å². The van der Waals surface area contributed by atoms with E-state index in [1.165, 1.54) is 37.8 Å². The summed E-state index contributed by atoms with van der Waals surface area (Å²) in [4.78, 5) is 12.2. The Bertz CT molecular complexity index is 1280. The lowest BCUT2D eigenvalue weighted by atomic mass is 10.2. The van der Waals surface area contributed by atoms with Gasteiger partial charge in [0.2, 0.25) is 0 Å². The van der Waals surface area contributed by atoms with Crippen LogP contribution in [-0.4, -0.2) is 30.5 Å². The van der Waals surface area contributed by atoms with Crippen LogP contribution in [-0.2, 0) is 10.0 Å². The quantitative estimate of drug-likeness (QED) is 0.475. The van der Waals surface area contributed by atoms with Crippen molar-refractivity contribution >= 4 is 43.9 Å². The molecule has 0 atom stereocenters. The molecule has 0 saturated carbocycles. The van der Waals surface area contributed by atoms with E-state index in [1.54, 1.807) is 42.7 Å². The standard InChI is InChI=1S/C20H15ClN4O3S/c1-28-19-5-3-16(21)11-18(19)25(20-7-9-23-13-24-20)29(26,27)17-4-2-15-12-22-8-6-14(15)10-17/h2-13H,1H3. The molecule has 0 spiro atoms. The molecule has 2 heterocycles. The Hall–Kier alpha value is -3.23. The number of aromatic nitrogens is 3. The lowest BCUT2D eigenvalue weighted by Gasteiger charge is -2.25. The SMILES string of the molecule is COc1ccc(Cl)cc1N(c1ccncn1)S(=O)(=O)c1ccc2cnccc2c1. The normalized spacial score (nSPS) is 11.4. The molecular formula is C20H15ClN4O3S. The number of ether oxygens (including phenoxy) is 1. The van der Waals surface area contributed by atoms with E-state index in [2.05, 4.69) is 15.0 Å². The zero-order chi connectivity index (χ0) is 20.4. The predicted octanol–water partition coefficient (Wildman–Crippen LogP) is 4.21. The van der Waals surface area contributed by atoms with E-state index in [0.717, 1.165) is 15.1 Å². The van der Waals surface area contributed by atoms with Crippen LogP contribution < -0.4 is 9.04 Å². The first-order valence-corrected chi connectivity index (χ1v) is 10.3. The number of rotatable bonds is 5. The van der Waals surface area contributed by atoms with Crippen LogP contribution in [0.4, 0.5) is 11.5 Å². The van der Waals surface area contributed by atoms with Crippen molar-refractivity contribution in [2.45, 2.75) is 4.90 Å². The number of pyridine rings is 1. The van der Waals surface area contributed by atoms with E-state index in [0.29, 0.717) is 10.8 Å². The summed E-state index contributed by atoms with van der Waals surface area (Å²) in [6.07, 6.45) is 6.03. The third kappa shape index (κ3) is 3.59. The smallest absolute Gasteiger partial charge is 0.270 e. The molecule has 0 unspecified atom stereocenters. The maximum absolute atomic E-state index is 13.7. The van der Waals surface area contributed by atoms with Crippen LogP contribution in [0.25, 0.3) is 10.8 Å². The van der Waals surface area contributed by atoms with Crippen molar-refractivity contribution < 1.29 is 13.2 Å². The van der Waals surface area contributed by atoms with Crippen molar-refractivity contribution in [3.8, 4) is 5.75 Å². The summed E-state index contributed by atoms with van der Waals surface area (Å²) < 4.78 is 33.9. The minimum absolute atomic E-state index is 0.0943. The van der Waals surface area contributed by atoms with Gasteiger partial charge in [-0.3, -0.25) is 4.98 Å². The van der Waals surface area contributed by atoms with Crippen LogP contribution >= 0.6 is 11.6 Å². The lowest BCUT2D eigenvalue weighted by molar-refractivity contribution is 0.416. The van der Waals surface area contributed by atoms with Gasteiger partial charge in [-0.1, -0.05) is 17.7 Å². The number of methoxy groups -OCH3 is 1. The summed E-state index contributed by atoms with van der Waals surface area (Å²) >= 11 is 6.16. The molecule has 146 valence electrons. The third-order valence-corrected chi connectivity index (χ3v) is 6.23. The van der Waals surface area contributed by atoms with Crippen LogP contribution in [0.1, 0.15) is 0 Å². The minimum atomic E-state index is -4.06. The number of halogens is 1. The zero-order valence-corrected chi connectivity index (χ0v) is 16.8. The van der Waals surface area contributed by atoms with Gasteiger partial charge < -0.3 is 4.74 Å². The van der Waals surface area contributed by atoms with Crippen molar-refractivity contribution in [2.24, 2.45) is 0 Å². The Morgan fingerprint density at radius 1 is 0.966 bits per heavy atom. The molecule has 7 nitrogen and oxygen atoms in total. The molecule has 0 radical (unpaired) electrons. The molecule has 29 heavy (non-hydrogen) atoms. The first-order valence-electron chi connectivity index (χ1n) is 8.49. The van der Waals surface area contributed by atoms with E-state index in [4.69, 9.17) is 16.3 Å². The molecule has 0 bridgehead atoms. The Morgan fingerprint density at radius 3 is 2.55 bits per heavy atom. The van der Waals surface area contributed by atoms with Crippen LogP contribution in [0.15, 0.2) is 78.3 Å². The molecule has 4 aromatic rings. The van der Waals surface area contributed by atoms with Crippen LogP contribution in [0.5, 0.6) is 5.75 Å². The van der Waals surface area contributed by atoms with Gasteiger partial charge in [0.1, 0.15) is 17.8 Å². The molecule has 0 aliphatic carbocycles. The summed E-state index contributed by atoms with van der Waals surface area (Å²) in [6, 6.07) is 12.8. The fourth-order valence-electron chi connectivity index (χ4n) is 2.93. The van der Waals surface area contributed by atoms with E-state index < -0.39 is 10.0 Å². The molecule has 2 aromatic heterocycles. The van der Waals surface area contributed by atoms with Crippen LogP contribution in [0.3, 0.4) is 0 Å². The second-order valence-electron chi connectivity index (χ2n) is 6.04. The number of fused-ring (bicyclic) bond motifs is 1. The van der Waals surface area contributed by atoms with Crippen LogP contribution in [0.2, 0.25) is 5.02 Å². The highest BCUT2D eigenvalue weighted by atomic mass is 35.5. The van der Waals surface area contributed by atoms with Gasteiger partial charge in [0.05, 0.1) is 12.0 Å². The number of nitrogens with zero attached hydrogens (tertiary/aromatic N) is 4. The van der Waals surface area contributed by atoms with Gasteiger partial charge in [-0.25, -0.2) is 22.7 Å². The molecule has 0 N–H and O–H groups in total. The van der Waals surface area contributed by atoms with Gasteiger partial charge in [0, 0.05) is 35.1 Å². The molecular weight excluding hydrogens is 412 g/mol. The fraction of sp³-hybridized carbons (Fsp3) is 0.0500. The highest BCUT2D eigenvalue weighted by Gasteiger charge is 2.30.